The minimum atomic E-state index is 0.000372. The lowest BCUT2D eigenvalue weighted by Crippen LogP contribution is -2.18. The van der Waals surface area contributed by atoms with E-state index in [1.54, 1.807) is 7.05 Å². The number of hydrogen-bond donors (Lipinski definition) is 1. The maximum atomic E-state index is 11.5. The first-order valence-corrected chi connectivity index (χ1v) is 5.80. The smallest absolute Gasteiger partial charge is 0.251 e. The number of rotatable bonds is 1. The van der Waals surface area contributed by atoms with Crippen LogP contribution < -0.4 is 5.32 Å². The molecule has 2 rings (SSSR count). The van der Waals surface area contributed by atoms with Gasteiger partial charge < -0.3 is 5.32 Å². The van der Waals surface area contributed by atoms with Crippen LogP contribution in [0.2, 0.25) is 0 Å². The summed E-state index contributed by atoms with van der Waals surface area (Å²) in [5.74, 6) is 0.000372. The van der Waals surface area contributed by atoms with Gasteiger partial charge in [0.2, 0.25) is 0 Å². The lowest BCUT2D eigenvalue weighted by atomic mass is 9.94. The van der Waals surface area contributed by atoms with E-state index >= 15 is 0 Å². The number of amides is 1. The van der Waals surface area contributed by atoms with Crippen molar-refractivity contribution in [2.24, 2.45) is 0 Å². The van der Waals surface area contributed by atoms with Crippen LogP contribution in [0.1, 0.15) is 34.3 Å². The molecule has 0 spiro atoms. The molecule has 16 heavy (non-hydrogen) atoms. The second-order valence-electron chi connectivity index (χ2n) is 4.11. The van der Waals surface area contributed by atoms with Gasteiger partial charge in [-0.3, -0.25) is 4.79 Å². The standard InChI is InChI=1S/C14H17NO/c1-15-14(16)13-9-8-11-6-4-2-3-5-7-12(11)10-13/h2-3,8-10H,4-7H2,1H3,(H,15,16)/b3-2-. The summed E-state index contributed by atoms with van der Waals surface area (Å²) in [7, 11) is 1.67. The SMILES string of the molecule is CNC(=O)c1ccc2c(c1)CC/C=C\CC2. The summed E-state index contributed by atoms with van der Waals surface area (Å²) in [6.07, 6.45) is 8.78. The van der Waals surface area contributed by atoms with Crippen molar-refractivity contribution in [1.82, 2.24) is 5.32 Å². The fourth-order valence-electron chi connectivity index (χ4n) is 2.10. The van der Waals surface area contributed by atoms with Crippen molar-refractivity contribution in [3.8, 4) is 0 Å². The number of carbonyl (C=O) groups excluding carboxylic acids is 1. The van der Waals surface area contributed by atoms with Crippen molar-refractivity contribution in [3.05, 3.63) is 47.0 Å². The molecule has 1 amide bonds. The quantitative estimate of drug-likeness (QED) is 0.716. The maximum absolute atomic E-state index is 11.5. The van der Waals surface area contributed by atoms with Crippen LogP contribution in [0.4, 0.5) is 0 Å². The van der Waals surface area contributed by atoms with E-state index in [0.717, 1.165) is 31.2 Å². The molecule has 0 fully saturated rings. The second-order valence-corrected chi connectivity index (χ2v) is 4.11. The average molecular weight is 215 g/mol. The summed E-state index contributed by atoms with van der Waals surface area (Å²) in [6.45, 7) is 0. The van der Waals surface area contributed by atoms with Gasteiger partial charge in [0.1, 0.15) is 0 Å². The first kappa shape index (κ1) is 10.9. The highest BCUT2D eigenvalue weighted by atomic mass is 16.1. The molecule has 0 radical (unpaired) electrons. The van der Waals surface area contributed by atoms with Crippen molar-refractivity contribution >= 4 is 5.91 Å². The van der Waals surface area contributed by atoms with Gasteiger partial charge in [0, 0.05) is 12.6 Å². The van der Waals surface area contributed by atoms with E-state index in [1.807, 2.05) is 12.1 Å². The largest absolute Gasteiger partial charge is 0.355 e. The van der Waals surface area contributed by atoms with Gasteiger partial charge in [0.15, 0.2) is 0 Å². The molecule has 84 valence electrons. The number of allylic oxidation sites excluding steroid dienone is 2. The highest BCUT2D eigenvalue weighted by Crippen LogP contribution is 2.18. The Balaban J connectivity index is 2.30. The predicted octanol–water partition coefficient (Wildman–Crippen LogP) is 2.48. The van der Waals surface area contributed by atoms with Gasteiger partial charge >= 0.3 is 0 Å². The van der Waals surface area contributed by atoms with Crippen LogP contribution in [0.25, 0.3) is 0 Å². The minimum absolute atomic E-state index is 0.000372. The van der Waals surface area contributed by atoms with E-state index in [4.69, 9.17) is 0 Å². The number of hydrogen-bond acceptors (Lipinski definition) is 1. The molecule has 1 aliphatic rings. The Hall–Kier alpha value is -1.57. The van der Waals surface area contributed by atoms with Crippen molar-refractivity contribution in [2.75, 3.05) is 7.05 Å². The molecule has 0 aliphatic heterocycles. The summed E-state index contributed by atoms with van der Waals surface area (Å²) >= 11 is 0. The molecule has 0 bridgehead atoms. The number of fused-ring (bicyclic) bond motifs is 1. The molecule has 1 aliphatic carbocycles. The van der Waals surface area contributed by atoms with Gasteiger partial charge in [-0.05, 0) is 48.9 Å². The van der Waals surface area contributed by atoms with E-state index in [2.05, 4.69) is 23.5 Å². The molecular formula is C14H17NO. The summed E-state index contributed by atoms with van der Waals surface area (Å²) in [6, 6.07) is 6.05. The second kappa shape index (κ2) is 4.97. The minimum Gasteiger partial charge on any atom is -0.355 e. The van der Waals surface area contributed by atoms with Crippen molar-refractivity contribution in [1.29, 1.82) is 0 Å². The molecule has 0 saturated carbocycles. The molecule has 0 heterocycles. The number of benzene rings is 1. The fraction of sp³-hybridized carbons (Fsp3) is 0.357. The lowest BCUT2D eigenvalue weighted by Gasteiger charge is -2.12. The molecule has 0 unspecified atom stereocenters. The number of nitrogens with one attached hydrogen (secondary N) is 1. The van der Waals surface area contributed by atoms with E-state index in [-0.39, 0.29) is 5.91 Å². The van der Waals surface area contributed by atoms with Gasteiger partial charge in [0.05, 0.1) is 0 Å². The molecule has 2 nitrogen and oxygen atoms in total. The van der Waals surface area contributed by atoms with Crippen LogP contribution in [0.15, 0.2) is 30.4 Å². The molecule has 0 saturated heterocycles. The summed E-state index contributed by atoms with van der Waals surface area (Å²) in [5, 5.41) is 2.66. The maximum Gasteiger partial charge on any atom is 0.251 e. The fourth-order valence-corrected chi connectivity index (χ4v) is 2.10. The van der Waals surface area contributed by atoms with Crippen LogP contribution in [-0.4, -0.2) is 13.0 Å². The van der Waals surface area contributed by atoms with E-state index in [0.29, 0.717) is 0 Å². The number of aryl methyl sites for hydroxylation is 2. The predicted molar refractivity (Wildman–Crippen MR) is 65.6 cm³/mol. The highest BCUT2D eigenvalue weighted by molar-refractivity contribution is 5.94. The Labute approximate surface area is 96.4 Å². The van der Waals surface area contributed by atoms with E-state index in [9.17, 15) is 4.79 Å². The first-order valence-electron chi connectivity index (χ1n) is 5.80. The molecule has 2 heteroatoms. The van der Waals surface area contributed by atoms with E-state index < -0.39 is 0 Å². The molecule has 1 N–H and O–H groups in total. The monoisotopic (exact) mass is 215 g/mol. The van der Waals surface area contributed by atoms with Crippen LogP contribution in [-0.2, 0) is 12.8 Å². The zero-order valence-electron chi connectivity index (χ0n) is 9.62. The third kappa shape index (κ3) is 2.32. The highest BCUT2D eigenvalue weighted by Gasteiger charge is 2.08. The lowest BCUT2D eigenvalue weighted by molar-refractivity contribution is 0.0963. The van der Waals surface area contributed by atoms with Gasteiger partial charge in [-0.15, -0.1) is 0 Å². The topological polar surface area (TPSA) is 29.1 Å². The Morgan fingerprint density at radius 1 is 1.12 bits per heavy atom. The first-order chi connectivity index (χ1) is 7.81. The molecule has 0 atom stereocenters. The average Bonchev–Trinajstić information content (AvgIpc) is 2.28. The Morgan fingerprint density at radius 3 is 2.50 bits per heavy atom. The van der Waals surface area contributed by atoms with Crippen LogP contribution in [0.3, 0.4) is 0 Å². The Bertz CT molecular complexity index is 421. The summed E-state index contributed by atoms with van der Waals surface area (Å²) < 4.78 is 0. The summed E-state index contributed by atoms with van der Waals surface area (Å²) in [4.78, 5) is 11.5. The van der Waals surface area contributed by atoms with E-state index in [1.165, 1.54) is 11.1 Å². The van der Waals surface area contributed by atoms with Gasteiger partial charge in [0.25, 0.3) is 5.91 Å². The third-order valence-electron chi connectivity index (χ3n) is 3.02. The van der Waals surface area contributed by atoms with Crippen LogP contribution in [0.5, 0.6) is 0 Å². The summed E-state index contributed by atoms with van der Waals surface area (Å²) in [5.41, 5.74) is 3.48. The Morgan fingerprint density at radius 2 is 1.81 bits per heavy atom. The van der Waals surface area contributed by atoms with Gasteiger partial charge in [-0.2, -0.15) is 0 Å². The van der Waals surface area contributed by atoms with Gasteiger partial charge in [-0.25, -0.2) is 0 Å². The zero-order valence-corrected chi connectivity index (χ0v) is 9.62. The van der Waals surface area contributed by atoms with Crippen molar-refractivity contribution in [3.63, 3.8) is 0 Å². The normalized spacial score (nSPS) is 16.8. The number of carbonyl (C=O) groups is 1. The Kier molecular flexibility index (Phi) is 3.40. The molecule has 1 aromatic rings. The van der Waals surface area contributed by atoms with Crippen LogP contribution >= 0.6 is 0 Å². The molecule has 0 aromatic heterocycles. The molecule has 1 aromatic carbocycles. The van der Waals surface area contributed by atoms with Gasteiger partial charge in [-0.1, -0.05) is 18.2 Å². The molecular weight excluding hydrogens is 198 g/mol. The van der Waals surface area contributed by atoms with Crippen LogP contribution in [0, 0.1) is 0 Å². The third-order valence-corrected chi connectivity index (χ3v) is 3.02. The van der Waals surface area contributed by atoms with Crippen molar-refractivity contribution in [2.45, 2.75) is 25.7 Å². The van der Waals surface area contributed by atoms with Crippen molar-refractivity contribution < 1.29 is 4.79 Å². The zero-order chi connectivity index (χ0) is 11.4.